The van der Waals surface area contributed by atoms with Gasteiger partial charge in [-0.25, -0.2) is 0 Å². The second-order valence-corrected chi connectivity index (χ2v) is 5.38. The first-order valence-electron chi connectivity index (χ1n) is 6.07. The lowest BCUT2D eigenvalue weighted by Gasteiger charge is -2.08. The number of rotatable bonds is 4. The molecule has 0 bridgehead atoms. The molecule has 0 heterocycles. The Morgan fingerprint density at radius 1 is 0.950 bits per heavy atom. The third-order valence-corrected chi connectivity index (χ3v) is 3.90. The molecule has 106 valence electrons. The highest BCUT2D eigenvalue weighted by molar-refractivity contribution is 7.98. The van der Waals surface area contributed by atoms with E-state index in [0.717, 1.165) is 16.5 Å². The van der Waals surface area contributed by atoms with Crippen molar-refractivity contribution < 1.29 is 13.2 Å². The van der Waals surface area contributed by atoms with Crippen molar-refractivity contribution in [1.82, 2.24) is 0 Å². The van der Waals surface area contributed by atoms with Gasteiger partial charge in [0, 0.05) is 17.2 Å². The Bertz CT molecular complexity index is 564. The van der Waals surface area contributed by atoms with Crippen molar-refractivity contribution in [3.05, 3.63) is 65.2 Å². The van der Waals surface area contributed by atoms with Crippen molar-refractivity contribution in [3.63, 3.8) is 0 Å². The van der Waals surface area contributed by atoms with Crippen LogP contribution in [0, 0.1) is 0 Å². The van der Waals surface area contributed by atoms with Crippen LogP contribution in [0.4, 0.5) is 13.2 Å². The van der Waals surface area contributed by atoms with Crippen LogP contribution in [0.15, 0.2) is 53.4 Å². The summed E-state index contributed by atoms with van der Waals surface area (Å²) in [6.45, 7) is 0.485. The molecule has 0 saturated carbocycles. The second-order valence-electron chi connectivity index (χ2n) is 4.33. The summed E-state index contributed by atoms with van der Waals surface area (Å²) in [6, 6.07) is 13.1. The SMILES string of the molecule is NCc1ccc(SCc2cccc(C(F)(F)F)c2)cc1. The van der Waals surface area contributed by atoms with Crippen LogP contribution >= 0.6 is 11.8 Å². The minimum atomic E-state index is -4.29. The van der Waals surface area contributed by atoms with Gasteiger partial charge in [0.2, 0.25) is 0 Å². The predicted octanol–water partition coefficient (Wildman–Crippen LogP) is 4.46. The average Bonchev–Trinajstić information content (AvgIpc) is 2.45. The summed E-state index contributed by atoms with van der Waals surface area (Å²) in [5, 5.41) is 0. The lowest BCUT2D eigenvalue weighted by molar-refractivity contribution is -0.137. The van der Waals surface area contributed by atoms with Crippen LogP contribution in [-0.4, -0.2) is 0 Å². The Morgan fingerprint density at radius 2 is 1.65 bits per heavy atom. The first-order chi connectivity index (χ1) is 9.49. The van der Waals surface area contributed by atoms with Gasteiger partial charge in [-0.3, -0.25) is 0 Å². The number of thioether (sulfide) groups is 1. The normalized spacial score (nSPS) is 11.6. The van der Waals surface area contributed by atoms with E-state index in [9.17, 15) is 13.2 Å². The van der Waals surface area contributed by atoms with E-state index in [1.165, 1.54) is 23.9 Å². The first-order valence-corrected chi connectivity index (χ1v) is 7.05. The number of hydrogen-bond donors (Lipinski definition) is 1. The maximum atomic E-state index is 12.6. The molecule has 0 atom stereocenters. The summed E-state index contributed by atoms with van der Waals surface area (Å²) >= 11 is 1.50. The van der Waals surface area contributed by atoms with Gasteiger partial charge in [-0.15, -0.1) is 11.8 Å². The molecule has 2 aromatic carbocycles. The van der Waals surface area contributed by atoms with E-state index in [1.807, 2.05) is 24.3 Å². The monoisotopic (exact) mass is 297 g/mol. The summed E-state index contributed by atoms with van der Waals surface area (Å²) in [5.41, 5.74) is 6.60. The molecule has 2 N–H and O–H groups in total. The number of alkyl halides is 3. The molecular weight excluding hydrogens is 283 g/mol. The standard InChI is InChI=1S/C15H14F3NS/c16-15(17,18)13-3-1-2-12(8-13)10-20-14-6-4-11(9-19)5-7-14/h1-8H,9-10,19H2. The number of benzene rings is 2. The summed E-state index contributed by atoms with van der Waals surface area (Å²) in [5.74, 6) is 0.506. The minimum absolute atomic E-state index is 0.485. The maximum Gasteiger partial charge on any atom is 0.416 e. The fourth-order valence-corrected chi connectivity index (χ4v) is 2.57. The van der Waals surface area contributed by atoms with Gasteiger partial charge in [-0.05, 0) is 29.3 Å². The molecule has 0 aliphatic rings. The molecule has 5 heteroatoms. The second kappa shape index (κ2) is 6.33. The fourth-order valence-electron chi connectivity index (χ4n) is 1.73. The van der Waals surface area contributed by atoms with Crippen molar-refractivity contribution in [3.8, 4) is 0 Å². The Morgan fingerprint density at radius 3 is 2.25 bits per heavy atom. The van der Waals surface area contributed by atoms with E-state index >= 15 is 0 Å². The van der Waals surface area contributed by atoms with E-state index in [1.54, 1.807) is 6.07 Å². The number of halogens is 3. The Hall–Kier alpha value is -1.46. The van der Waals surface area contributed by atoms with Crippen LogP contribution in [0.1, 0.15) is 16.7 Å². The lowest BCUT2D eigenvalue weighted by atomic mass is 10.1. The van der Waals surface area contributed by atoms with Crippen LogP contribution in [0.2, 0.25) is 0 Å². The van der Waals surface area contributed by atoms with Gasteiger partial charge in [-0.1, -0.05) is 30.3 Å². The molecule has 0 aliphatic heterocycles. The smallest absolute Gasteiger partial charge is 0.326 e. The molecule has 0 unspecified atom stereocenters. The molecule has 0 spiro atoms. The van der Waals surface area contributed by atoms with Gasteiger partial charge in [0.15, 0.2) is 0 Å². The zero-order chi connectivity index (χ0) is 14.6. The van der Waals surface area contributed by atoms with Crippen molar-refractivity contribution in [1.29, 1.82) is 0 Å². The summed E-state index contributed by atoms with van der Waals surface area (Å²) in [4.78, 5) is 1.01. The molecular formula is C15H14F3NS. The highest BCUT2D eigenvalue weighted by Gasteiger charge is 2.30. The van der Waals surface area contributed by atoms with Crippen molar-refractivity contribution >= 4 is 11.8 Å². The molecule has 1 nitrogen and oxygen atoms in total. The lowest BCUT2D eigenvalue weighted by Crippen LogP contribution is -2.04. The van der Waals surface area contributed by atoms with Crippen LogP contribution in [0.25, 0.3) is 0 Å². The Balaban J connectivity index is 2.03. The van der Waals surface area contributed by atoms with Gasteiger partial charge >= 0.3 is 6.18 Å². The quantitative estimate of drug-likeness (QED) is 0.843. The molecule has 0 amide bonds. The summed E-state index contributed by atoms with van der Waals surface area (Å²) in [7, 11) is 0. The van der Waals surface area contributed by atoms with Gasteiger partial charge in [0.05, 0.1) is 5.56 Å². The number of hydrogen-bond acceptors (Lipinski definition) is 2. The van der Waals surface area contributed by atoms with Gasteiger partial charge in [0.25, 0.3) is 0 Å². The van der Waals surface area contributed by atoms with Crippen LogP contribution in [0.3, 0.4) is 0 Å². The van der Waals surface area contributed by atoms with E-state index in [-0.39, 0.29) is 0 Å². The maximum absolute atomic E-state index is 12.6. The predicted molar refractivity (Wildman–Crippen MR) is 75.3 cm³/mol. The number of nitrogens with two attached hydrogens (primary N) is 1. The topological polar surface area (TPSA) is 26.0 Å². The molecule has 0 radical (unpaired) electrons. The van der Waals surface area contributed by atoms with Gasteiger partial charge in [-0.2, -0.15) is 13.2 Å². The molecule has 2 aromatic rings. The zero-order valence-corrected chi connectivity index (χ0v) is 11.5. The Kier molecular flexibility index (Phi) is 4.73. The van der Waals surface area contributed by atoms with E-state index in [4.69, 9.17) is 5.73 Å². The Labute approximate surface area is 120 Å². The van der Waals surface area contributed by atoms with Crippen LogP contribution in [-0.2, 0) is 18.5 Å². The minimum Gasteiger partial charge on any atom is -0.326 e. The molecule has 0 aromatic heterocycles. The van der Waals surface area contributed by atoms with Crippen molar-refractivity contribution in [2.75, 3.05) is 0 Å². The largest absolute Gasteiger partial charge is 0.416 e. The van der Waals surface area contributed by atoms with Crippen LogP contribution in [0.5, 0.6) is 0 Å². The molecule has 0 saturated heterocycles. The van der Waals surface area contributed by atoms with Crippen molar-refractivity contribution in [2.24, 2.45) is 5.73 Å². The zero-order valence-electron chi connectivity index (χ0n) is 10.7. The van der Waals surface area contributed by atoms with E-state index in [0.29, 0.717) is 17.9 Å². The summed E-state index contributed by atoms with van der Waals surface area (Å²) < 4.78 is 37.8. The highest BCUT2D eigenvalue weighted by atomic mass is 32.2. The molecule has 20 heavy (non-hydrogen) atoms. The molecule has 0 aliphatic carbocycles. The van der Waals surface area contributed by atoms with E-state index < -0.39 is 11.7 Å². The third-order valence-electron chi connectivity index (χ3n) is 2.82. The van der Waals surface area contributed by atoms with Gasteiger partial charge in [0.1, 0.15) is 0 Å². The fraction of sp³-hybridized carbons (Fsp3) is 0.200. The summed E-state index contributed by atoms with van der Waals surface area (Å²) in [6.07, 6.45) is -4.29. The van der Waals surface area contributed by atoms with Gasteiger partial charge < -0.3 is 5.73 Å². The highest BCUT2D eigenvalue weighted by Crippen LogP contribution is 2.31. The molecule has 0 fully saturated rings. The third kappa shape index (κ3) is 4.02. The molecule has 2 rings (SSSR count). The van der Waals surface area contributed by atoms with E-state index in [2.05, 4.69) is 0 Å². The first kappa shape index (κ1) is 14.9. The van der Waals surface area contributed by atoms with Crippen LogP contribution < -0.4 is 5.73 Å². The van der Waals surface area contributed by atoms with Crippen molar-refractivity contribution in [2.45, 2.75) is 23.4 Å². The average molecular weight is 297 g/mol.